The maximum Gasteiger partial charge on any atom is 0.269 e. The number of primary amides is 1. The Hall–Kier alpha value is -2.94. The highest BCUT2D eigenvalue weighted by Crippen LogP contribution is 2.28. The van der Waals surface area contributed by atoms with Gasteiger partial charge in [-0.25, -0.2) is 4.39 Å². The van der Waals surface area contributed by atoms with Gasteiger partial charge in [-0.15, -0.1) is 11.8 Å². The van der Waals surface area contributed by atoms with Crippen molar-refractivity contribution >= 4 is 35.0 Å². The number of carbonyl (C=O) groups is 2. The number of hydrogen-bond acceptors (Lipinski definition) is 5. The van der Waals surface area contributed by atoms with Gasteiger partial charge in [-0.2, -0.15) is 0 Å². The number of carbonyl (C=O) groups excluding carboxylic acids is 2. The van der Waals surface area contributed by atoms with E-state index in [4.69, 9.17) is 5.73 Å². The van der Waals surface area contributed by atoms with Crippen molar-refractivity contribution in [1.82, 2.24) is 0 Å². The van der Waals surface area contributed by atoms with E-state index in [0.29, 0.717) is 10.6 Å². The highest BCUT2D eigenvalue weighted by molar-refractivity contribution is 8.00. The fraction of sp³-hybridized carbons (Fsp3) is 0.222. The predicted molar refractivity (Wildman–Crippen MR) is 101 cm³/mol. The zero-order valence-corrected chi connectivity index (χ0v) is 15.3. The monoisotopic (exact) mass is 391 g/mol. The quantitative estimate of drug-likeness (QED) is 0.423. The summed E-state index contributed by atoms with van der Waals surface area (Å²) in [6, 6.07) is 11.2. The smallest absolute Gasteiger partial charge is 0.269 e. The number of nitrogens with two attached hydrogens (primary N) is 1. The molecule has 0 aromatic heterocycles. The lowest BCUT2D eigenvalue weighted by Crippen LogP contribution is -2.38. The number of non-ortho nitro benzene ring substituents is 1. The number of nitro groups is 1. The molecule has 7 nitrogen and oxygen atoms in total. The SMILES string of the molecule is CC(Sc1ccc([N+](=O)[O-])cc1)C(=O)N(CCC(N)=O)c1ccc(F)cc1. The van der Waals surface area contributed by atoms with Gasteiger partial charge in [0.2, 0.25) is 11.8 Å². The fourth-order valence-corrected chi connectivity index (χ4v) is 3.26. The first-order valence-corrected chi connectivity index (χ1v) is 8.92. The Morgan fingerprint density at radius 3 is 2.30 bits per heavy atom. The lowest BCUT2D eigenvalue weighted by molar-refractivity contribution is -0.384. The van der Waals surface area contributed by atoms with Crippen molar-refractivity contribution < 1.29 is 18.9 Å². The molecule has 1 unspecified atom stereocenters. The minimum absolute atomic E-state index is 0.0297. The molecule has 0 fully saturated rings. The molecule has 0 saturated carbocycles. The predicted octanol–water partition coefficient (Wildman–Crippen LogP) is 3.12. The number of benzene rings is 2. The average molecular weight is 391 g/mol. The molecule has 0 aliphatic heterocycles. The molecule has 2 amide bonds. The highest BCUT2D eigenvalue weighted by Gasteiger charge is 2.23. The highest BCUT2D eigenvalue weighted by atomic mass is 32.2. The van der Waals surface area contributed by atoms with Gasteiger partial charge in [0.05, 0.1) is 10.2 Å². The minimum Gasteiger partial charge on any atom is -0.370 e. The van der Waals surface area contributed by atoms with Gasteiger partial charge < -0.3 is 10.6 Å². The summed E-state index contributed by atoms with van der Waals surface area (Å²) < 4.78 is 13.2. The van der Waals surface area contributed by atoms with Crippen molar-refractivity contribution in [3.8, 4) is 0 Å². The average Bonchev–Trinajstić information content (AvgIpc) is 2.63. The summed E-state index contributed by atoms with van der Waals surface area (Å²) in [5.74, 6) is -1.27. The van der Waals surface area contributed by atoms with Crippen molar-refractivity contribution in [3.05, 3.63) is 64.5 Å². The first-order chi connectivity index (χ1) is 12.8. The van der Waals surface area contributed by atoms with E-state index in [9.17, 15) is 24.1 Å². The van der Waals surface area contributed by atoms with E-state index in [1.54, 1.807) is 19.1 Å². The first kappa shape index (κ1) is 20.4. The van der Waals surface area contributed by atoms with Crippen LogP contribution in [-0.4, -0.2) is 28.5 Å². The van der Waals surface area contributed by atoms with Crippen LogP contribution in [0.2, 0.25) is 0 Å². The van der Waals surface area contributed by atoms with Crippen LogP contribution in [0.3, 0.4) is 0 Å². The summed E-state index contributed by atoms with van der Waals surface area (Å²) in [5.41, 5.74) is 5.61. The molecular weight excluding hydrogens is 373 g/mol. The van der Waals surface area contributed by atoms with Crippen LogP contribution >= 0.6 is 11.8 Å². The zero-order valence-electron chi connectivity index (χ0n) is 14.5. The van der Waals surface area contributed by atoms with Crippen molar-refractivity contribution in [2.24, 2.45) is 5.73 Å². The van der Waals surface area contributed by atoms with Crippen molar-refractivity contribution in [2.75, 3.05) is 11.4 Å². The molecule has 142 valence electrons. The summed E-state index contributed by atoms with van der Waals surface area (Å²) in [4.78, 5) is 36.3. The molecule has 0 radical (unpaired) electrons. The number of nitrogens with zero attached hydrogens (tertiary/aromatic N) is 2. The van der Waals surface area contributed by atoms with Gasteiger partial charge >= 0.3 is 0 Å². The van der Waals surface area contributed by atoms with Crippen molar-refractivity contribution in [1.29, 1.82) is 0 Å². The Balaban J connectivity index is 2.15. The molecule has 0 heterocycles. The largest absolute Gasteiger partial charge is 0.370 e. The lowest BCUT2D eigenvalue weighted by atomic mass is 10.2. The van der Waals surface area contributed by atoms with Crippen LogP contribution in [0.25, 0.3) is 0 Å². The molecule has 0 spiro atoms. The molecule has 0 aliphatic carbocycles. The van der Waals surface area contributed by atoms with Gasteiger partial charge in [0, 0.05) is 35.7 Å². The number of amides is 2. The molecule has 2 rings (SSSR count). The van der Waals surface area contributed by atoms with Crippen molar-refractivity contribution in [2.45, 2.75) is 23.5 Å². The van der Waals surface area contributed by atoms with Gasteiger partial charge in [-0.3, -0.25) is 19.7 Å². The van der Waals surface area contributed by atoms with Gasteiger partial charge in [-0.1, -0.05) is 0 Å². The van der Waals surface area contributed by atoms with Crippen molar-refractivity contribution in [3.63, 3.8) is 0 Å². The zero-order chi connectivity index (χ0) is 20.0. The Bertz CT molecular complexity index is 828. The Morgan fingerprint density at radius 2 is 1.78 bits per heavy atom. The molecule has 9 heteroatoms. The van der Waals surface area contributed by atoms with E-state index in [2.05, 4.69) is 0 Å². The fourth-order valence-electron chi connectivity index (χ4n) is 2.33. The molecule has 2 N–H and O–H groups in total. The maximum atomic E-state index is 13.2. The molecule has 2 aromatic carbocycles. The second kappa shape index (κ2) is 9.13. The van der Waals surface area contributed by atoms with Crippen LogP contribution < -0.4 is 10.6 Å². The number of halogens is 1. The van der Waals surface area contributed by atoms with Crippen LogP contribution in [0.1, 0.15) is 13.3 Å². The molecular formula is C18H18FN3O4S. The van der Waals surface area contributed by atoms with Crippen LogP contribution in [0.5, 0.6) is 0 Å². The Labute approximate surface area is 159 Å². The maximum absolute atomic E-state index is 13.2. The third-order valence-electron chi connectivity index (χ3n) is 3.69. The van der Waals surface area contributed by atoms with Crippen LogP contribution in [0, 0.1) is 15.9 Å². The van der Waals surface area contributed by atoms with Crippen LogP contribution in [0.15, 0.2) is 53.4 Å². The van der Waals surface area contributed by atoms with E-state index >= 15 is 0 Å². The third kappa shape index (κ3) is 5.78. The molecule has 2 aromatic rings. The summed E-state index contributed by atoms with van der Waals surface area (Å²) in [6.45, 7) is 1.76. The number of thioether (sulfide) groups is 1. The molecule has 0 aliphatic rings. The molecule has 0 bridgehead atoms. The topological polar surface area (TPSA) is 107 Å². The second-order valence-electron chi connectivity index (χ2n) is 5.69. The Kier molecular flexibility index (Phi) is 6.89. The summed E-state index contributed by atoms with van der Waals surface area (Å²) in [7, 11) is 0. The molecule has 27 heavy (non-hydrogen) atoms. The summed E-state index contributed by atoms with van der Waals surface area (Å²) in [6.07, 6.45) is -0.0297. The van der Waals surface area contributed by atoms with E-state index in [0.717, 1.165) is 0 Å². The van der Waals surface area contributed by atoms with Gasteiger partial charge in [0.1, 0.15) is 5.82 Å². The molecule has 1 atom stereocenters. The van der Waals surface area contributed by atoms with E-state index < -0.39 is 21.9 Å². The lowest BCUT2D eigenvalue weighted by Gasteiger charge is -2.25. The van der Waals surface area contributed by atoms with Gasteiger partial charge in [0.15, 0.2) is 0 Å². The number of anilines is 1. The normalized spacial score (nSPS) is 11.6. The van der Waals surface area contributed by atoms with E-state index in [1.807, 2.05) is 0 Å². The Morgan fingerprint density at radius 1 is 1.19 bits per heavy atom. The minimum atomic E-state index is -0.550. The number of rotatable bonds is 8. The van der Waals surface area contributed by atoms with E-state index in [1.165, 1.54) is 53.1 Å². The van der Waals surface area contributed by atoms with Gasteiger partial charge in [-0.05, 0) is 43.3 Å². The standard InChI is InChI=1S/C18H18FN3O4S/c1-12(27-16-8-6-15(7-9-16)22(25)26)18(24)21(11-10-17(20)23)14-4-2-13(19)3-5-14/h2-9,12H,10-11H2,1H3,(H2,20,23). The first-order valence-electron chi connectivity index (χ1n) is 8.04. The summed E-state index contributed by atoms with van der Waals surface area (Å²) >= 11 is 1.23. The summed E-state index contributed by atoms with van der Waals surface area (Å²) in [5, 5.41) is 10.2. The number of nitro benzene ring substituents is 1. The number of hydrogen-bond donors (Lipinski definition) is 1. The van der Waals surface area contributed by atoms with E-state index in [-0.39, 0.29) is 24.6 Å². The van der Waals surface area contributed by atoms with Gasteiger partial charge in [0.25, 0.3) is 5.69 Å². The molecule has 0 saturated heterocycles. The third-order valence-corrected chi connectivity index (χ3v) is 4.79. The second-order valence-corrected chi connectivity index (χ2v) is 7.11. The van der Waals surface area contributed by atoms with Crippen LogP contribution in [0.4, 0.5) is 15.8 Å². The van der Waals surface area contributed by atoms with Crippen LogP contribution in [-0.2, 0) is 9.59 Å².